The van der Waals surface area contributed by atoms with Crippen LogP contribution in [-0.2, 0) is 22.7 Å². The van der Waals surface area contributed by atoms with Gasteiger partial charge in [0.05, 0.1) is 0 Å². The molecule has 0 atom stereocenters. The van der Waals surface area contributed by atoms with E-state index in [1.165, 1.54) is 0 Å². The summed E-state index contributed by atoms with van der Waals surface area (Å²) in [6, 6.07) is 7.69. The minimum atomic E-state index is -0.591. The van der Waals surface area contributed by atoms with Gasteiger partial charge >= 0.3 is 6.16 Å². The monoisotopic (exact) mass is 164 g/mol. The minimum Gasteiger partial charge on any atom is -0.429 e. The molecule has 3 heteroatoms. The predicted molar refractivity (Wildman–Crippen MR) is 41.4 cm³/mol. The van der Waals surface area contributed by atoms with Gasteiger partial charge in [0, 0.05) is 0 Å². The van der Waals surface area contributed by atoms with Crippen molar-refractivity contribution in [2.24, 2.45) is 0 Å². The maximum absolute atomic E-state index is 10.7. The number of cyclic esters (lactones) is 2. The molecule has 1 heterocycles. The molecule has 62 valence electrons. The molecular weight excluding hydrogens is 156 g/mol. The molecule has 2 rings (SSSR count). The first-order valence-electron chi connectivity index (χ1n) is 3.72. The Labute approximate surface area is 69.9 Å². The van der Waals surface area contributed by atoms with Crippen LogP contribution in [0.1, 0.15) is 11.1 Å². The highest BCUT2D eigenvalue weighted by molar-refractivity contribution is 5.60. The van der Waals surface area contributed by atoms with E-state index < -0.39 is 6.16 Å². The number of fused-ring (bicyclic) bond motifs is 1. The number of hydrogen-bond acceptors (Lipinski definition) is 3. The van der Waals surface area contributed by atoms with Gasteiger partial charge in [-0.2, -0.15) is 0 Å². The van der Waals surface area contributed by atoms with E-state index in [1.54, 1.807) is 0 Å². The number of rotatable bonds is 0. The lowest BCUT2D eigenvalue weighted by Gasteiger charge is -1.99. The lowest BCUT2D eigenvalue weighted by atomic mass is 10.1. The lowest BCUT2D eigenvalue weighted by molar-refractivity contribution is 0.0533. The van der Waals surface area contributed by atoms with Crippen molar-refractivity contribution in [2.45, 2.75) is 13.2 Å². The Kier molecular flexibility index (Phi) is 1.70. The van der Waals surface area contributed by atoms with Crippen LogP contribution >= 0.6 is 0 Å². The molecule has 0 radical (unpaired) electrons. The van der Waals surface area contributed by atoms with Crippen LogP contribution in [-0.4, -0.2) is 6.16 Å². The Morgan fingerprint density at radius 3 is 2.00 bits per heavy atom. The largest absolute Gasteiger partial charge is 0.508 e. The zero-order valence-corrected chi connectivity index (χ0v) is 6.45. The third-order valence-corrected chi connectivity index (χ3v) is 1.81. The van der Waals surface area contributed by atoms with Gasteiger partial charge in [0.25, 0.3) is 0 Å². The predicted octanol–water partition coefficient (Wildman–Crippen LogP) is 1.85. The fraction of sp³-hybridized carbons (Fsp3) is 0.222. The van der Waals surface area contributed by atoms with Gasteiger partial charge in [0.2, 0.25) is 0 Å². The van der Waals surface area contributed by atoms with Crippen molar-refractivity contribution in [1.82, 2.24) is 0 Å². The van der Waals surface area contributed by atoms with Crippen LogP contribution in [0.4, 0.5) is 4.79 Å². The summed E-state index contributed by atoms with van der Waals surface area (Å²) in [6.07, 6.45) is -0.591. The summed E-state index contributed by atoms with van der Waals surface area (Å²) < 4.78 is 9.54. The molecule has 0 saturated carbocycles. The highest BCUT2D eigenvalue weighted by atomic mass is 16.7. The summed E-state index contributed by atoms with van der Waals surface area (Å²) in [4.78, 5) is 10.7. The van der Waals surface area contributed by atoms with Crippen LogP contribution in [0.25, 0.3) is 0 Å². The summed E-state index contributed by atoms with van der Waals surface area (Å²) in [5, 5.41) is 0. The lowest BCUT2D eigenvalue weighted by Crippen LogP contribution is -2.01. The van der Waals surface area contributed by atoms with Gasteiger partial charge < -0.3 is 9.47 Å². The molecule has 0 aliphatic carbocycles. The summed E-state index contributed by atoms with van der Waals surface area (Å²) in [5.41, 5.74) is 2.03. The van der Waals surface area contributed by atoms with Gasteiger partial charge in [-0.15, -0.1) is 0 Å². The van der Waals surface area contributed by atoms with E-state index in [0.29, 0.717) is 13.2 Å². The van der Waals surface area contributed by atoms with Crippen LogP contribution in [0.3, 0.4) is 0 Å². The highest BCUT2D eigenvalue weighted by Crippen LogP contribution is 2.15. The van der Waals surface area contributed by atoms with E-state index in [2.05, 4.69) is 0 Å². The average Bonchev–Trinajstić information content (AvgIpc) is 2.29. The Bertz CT molecular complexity index is 277. The molecule has 1 aromatic carbocycles. The summed E-state index contributed by atoms with van der Waals surface area (Å²) in [5.74, 6) is 0. The van der Waals surface area contributed by atoms with Crippen molar-refractivity contribution in [1.29, 1.82) is 0 Å². The topological polar surface area (TPSA) is 35.5 Å². The standard InChI is InChI=1S/C9H8O3/c10-9-11-5-7-3-1-2-4-8(7)6-12-9/h1-4H,5-6H2. The maximum atomic E-state index is 10.7. The highest BCUT2D eigenvalue weighted by Gasteiger charge is 2.13. The molecule has 0 bridgehead atoms. The summed E-state index contributed by atoms with van der Waals surface area (Å²) in [7, 11) is 0. The zero-order chi connectivity index (χ0) is 8.39. The SMILES string of the molecule is O=C1OCc2ccccc2CO1. The quantitative estimate of drug-likeness (QED) is 0.549. The van der Waals surface area contributed by atoms with E-state index in [0.717, 1.165) is 11.1 Å². The molecule has 0 amide bonds. The number of hydrogen-bond donors (Lipinski definition) is 0. The third-order valence-electron chi connectivity index (χ3n) is 1.81. The van der Waals surface area contributed by atoms with Gasteiger partial charge in [-0.1, -0.05) is 24.3 Å². The van der Waals surface area contributed by atoms with Crippen LogP contribution in [0.15, 0.2) is 24.3 Å². The summed E-state index contributed by atoms with van der Waals surface area (Å²) in [6.45, 7) is 0.629. The van der Waals surface area contributed by atoms with Gasteiger partial charge in [-0.3, -0.25) is 0 Å². The molecule has 0 spiro atoms. The van der Waals surface area contributed by atoms with Crippen molar-refractivity contribution in [3.63, 3.8) is 0 Å². The van der Waals surface area contributed by atoms with Crippen LogP contribution in [0, 0.1) is 0 Å². The molecule has 0 N–H and O–H groups in total. The number of benzene rings is 1. The second-order valence-corrected chi connectivity index (χ2v) is 2.60. The second kappa shape index (κ2) is 2.85. The van der Waals surface area contributed by atoms with Crippen LogP contribution < -0.4 is 0 Å². The maximum Gasteiger partial charge on any atom is 0.508 e. The van der Waals surface area contributed by atoms with Crippen molar-refractivity contribution >= 4 is 6.16 Å². The van der Waals surface area contributed by atoms with Gasteiger partial charge in [0.1, 0.15) is 13.2 Å². The van der Waals surface area contributed by atoms with Crippen LogP contribution in [0.5, 0.6) is 0 Å². The fourth-order valence-electron chi connectivity index (χ4n) is 1.15. The molecule has 1 aliphatic rings. The Hall–Kier alpha value is -1.51. The molecule has 0 fully saturated rings. The molecule has 0 saturated heterocycles. The molecule has 3 nitrogen and oxygen atoms in total. The van der Waals surface area contributed by atoms with Crippen LogP contribution in [0.2, 0.25) is 0 Å². The first kappa shape index (κ1) is 7.16. The first-order chi connectivity index (χ1) is 5.86. The van der Waals surface area contributed by atoms with Crippen molar-refractivity contribution in [3.05, 3.63) is 35.4 Å². The Morgan fingerprint density at radius 2 is 1.50 bits per heavy atom. The zero-order valence-electron chi connectivity index (χ0n) is 6.45. The van der Waals surface area contributed by atoms with E-state index in [4.69, 9.17) is 9.47 Å². The van der Waals surface area contributed by atoms with E-state index in [-0.39, 0.29) is 0 Å². The van der Waals surface area contributed by atoms with Gasteiger partial charge in [-0.05, 0) is 11.1 Å². The van der Waals surface area contributed by atoms with Crippen molar-refractivity contribution in [3.8, 4) is 0 Å². The number of carbonyl (C=O) groups excluding carboxylic acids is 1. The molecule has 1 aliphatic heterocycles. The van der Waals surface area contributed by atoms with E-state index in [9.17, 15) is 4.79 Å². The van der Waals surface area contributed by atoms with E-state index in [1.807, 2.05) is 24.3 Å². The minimum absolute atomic E-state index is 0.314. The second-order valence-electron chi connectivity index (χ2n) is 2.60. The number of ether oxygens (including phenoxy) is 2. The van der Waals surface area contributed by atoms with E-state index >= 15 is 0 Å². The first-order valence-corrected chi connectivity index (χ1v) is 3.72. The molecule has 1 aromatic rings. The normalized spacial score (nSPS) is 15.5. The van der Waals surface area contributed by atoms with Crippen molar-refractivity contribution in [2.75, 3.05) is 0 Å². The van der Waals surface area contributed by atoms with Crippen molar-refractivity contribution < 1.29 is 14.3 Å². The molecule has 0 aromatic heterocycles. The van der Waals surface area contributed by atoms with Gasteiger partial charge in [-0.25, -0.2) is 4.79 Å². The molecule has 0 unspecified atom stereocenters. The smallest absolute Gasteiger partial charge is 0.429 e. The molecule has 12 heavy (non-hydrogen) atoms. The third kappa shape index (κ3) is 1.25. The fourth-order valence-corrected chi connectivity index (χ4v) is 1.15. The summed E-state index contributed by atoms with van der Waals surface area (Å²) >= 11 is 0. The van der Waals surface area contributed by atoms with Gasteiger partial charge in [0.15, 0.2) is 0 Å². The number of carbonyl (C=O) groups is 1. The average molecular weight is 164 g/mol. The molecular formula is C9H8O3. The Balaban J connectivity index is 2.32. The Morgan fingerprint density at radius 1 is 1.00 bits per heavy atom.